The minimum atomic E-state index is -1.52. The fraction of sp³-hybridized carbons (Fsp3) is 0.857. The van der Waals surface area contributed by atoms with Crippen LogP contribution in [-0.2, 0) is 18.9 Å². The summed E-state index contributed by atoms with van der Waals surface area (Å²) in [6.45, 7) is -0.539. The number of ether oxygens (including phenoxy) is 4. The molecule has 3 fully saturated rings. The molecule has 1 saturated carbocycles. The third-order valence-electron chi connectivity index (χ3n) is 5.06. The van der Waals surface area contributed by atoms with E-state index in [1.807, 2.05) is 0 Å². The van der Waals surface area contributed by atoms with E-state index in [4.69, 9.17) is 18.9 Å². The summed E-state index contributed by atoms with van der Waals surface area (Å²) < 4.78 is 21.7. The van der Waals surface area contributed by atoms with Gasteiger partial charge in [0.05, 0.1) is 31.0 Å². The van der Waals surface area contributed by atoms with E-state index in [-0.39, 0.29) is 24.0 Å². The molecule has 0 radical (unpaired) electrons. The van der Waals surface area contributed by atoms with Crippen molar-refractivity contribution < 1.29 is 44.5 Å². The van der Waals surface area contributed by atoms with Crippen LogP contribution in [0, 0.1) is 11.8 Å². The van der Waals surface area contributed by atoms with Gasteiger partial charge in [0.25, 0.3) is 0 Å². The SMILES string of the molecule is OCC1OC(OC2OC=CC3C4OC4C(O)C23)C(O)C(O)C1O. The fourth-order valence-corrected chi connectivity index (χ4v) is 3.71. The van der Waals surface area contributed by atoms with Crippen LogP contribution >= 0.6 is 0 Å². The number of aliphatic hydroxyl groups is 5. The highest BCUT2D eigenvalue weighted by Crippen LogP contribution is 2.51. The summed E-state index contributed by atoms with van der Waals surface area (Å²) >= 11 is 0. The molecule has 0 bridgehead atoms. The highest BCUT2D eigenvalue weighted by Gasteiger charge is 2.64. The Morgan fingerprint density at radius 2 is 1.65 bits per heavy atom. The zero-order valence-electron chi connectivity index (χ0n) is 12.1. The molecule has 0 amide bonds. The molecular formula is C14H20O9. The average molecular weight is 332 g/mol. The Kier molecular flexibility index (Phi) is 3.86. The van der Waals surface area contributed by atoms with Crippen LogP contribution in [0.1, 0.15) is 0 Å². The summed E-state index contributed by atoms with van der Waals surface area (Å²) in [6.07, 6.45) is -5.53. The van der Waals surface area contributed by atoms with Crippen LogP contribution in [0.4, 0.5) is 0 Å². The van der Waals surface area contributed by atoms with E-state index in [0.717, 1.165) is 0 Å². The Balaban J connectivity index is 1.48. The predicted octanol–water partition coefficient (Wildman–Crippen LogP) is -2.95. The van der Waals surface area contributed by atoms with Gasteiger partial charge in [-0.05, 0) is 6.08 Å². The van der Waals surface area contributed by atoms with Crippen LogP contribution in [0.2, 0.25) is 0 Å². The van der Waals surface area contributed by atoms with E-state index in [1.54, 1.807) is 6.08 Å². The van der Waals surface area contributed by atoms with Crippen LogP contribution in [0.5, 0.6) is 0 Å². The van der Waals surface area contributed by atoms with Gasteiger partial charge in [-0.25, -0.2) is 0 Å². The molecule has 0 spiro atoms. The highest BCUT2D eigenvalue weighted by atomic mass is 16.8. The lowest BCUT2D eigenvalue weighted by molar-refractivity contribution is -0.344. The molecule has 4 rings (SSSR count). The molecule has 3 heterocycles. The third-order valence-corrected chi connectivity index (χ3v) is 5.06. The molecule has 11 unspecified atom stereocenters. The molecule has 5 N–H and O–H groups in total. The molecule has 0 aromatic rings. The van der Waals surface area contributed by atoms with Crippen molar-refractivity contribution in [3.63, 3.8) is 0 Å². The van der Waals surface area contributed by atoms with Crippen molar-refractivity contribution in [3.05, 3.63) is 12.3 Å². The average Bonchev–Trinajstić information content (AvgIpc) is 3.30. The van der Waals surface area contributed by atoms with E-state index in [0.29, 0.717) is 0 Å². The molecule has 130 valence electrons. The maximum absolute atomic E-state index is 10.2. The number of hydrogen-bond acceptors (Lipinski definition) is 9. The quantitative estimate of drug-likeness (QED) is 0.343. The maximum Gasteiger partial charge on any atom is 0.207 e. The number of hydrogen-bond donors (Lipinski definition) is 5. The highest BCUT2D eigenvalue weighted by molar-refractivity contribution is 5.16. The first-order chi connectivity index (χ1) is 11.0. The topological polar surface area (TPSA) is 141 Å². The summed E-state index contributed by atoms with van der Waals surface area (Å²) in [5.74, 6) is -0.435. The Hall–Kier alpha value is -0.780. The Morgan fingerprint density at radius 3 is 2.39 bits per heavy atom. The second-order valence-electron chi connectivity index (χ2n) is 6.38. The summed E-state index contributed by atoms with van der Waals surface area (Å²) in [6, 6.07) is 0. The zero-order chi connectivity index (χ0) is 16.3. The molecule has 0 aromatic carbocycles. The van der Waals surface area contributed by atoms with Crippen molar-refractivity contribution in [1.82, 2.24) is 0 Å². The van der Waals surface area contributed by atoms with Gasteiger partial charge < -0.3 is 44.5 Å². The molecule has 3 aliphatic heterocycles. The normalized spacial score (nSPS) is 57.5. The van der Waals surface area contributed by atoms with Gasteiger partial charge in [0.2, 0.25) is 6.29 Å². The van der Waals surface area contributed by atoms with Crippen LogP contribution in [0.25, 0.3) is 0 Å². The van der Waals surface area contributed by atoms with Gasteiger partial charge in [0.15, 0.2) is 6.29 Å². The molecule has 9 heteroatoms. The number of epoxide rings is 1. The van der Waals surface area contributed by atoms with Gasteiger partial charge in [-0.2, -0.15) is 0 Å². The lowest BCUT2D eigenvalue weighted by Crippen LogP contribution is -2.60. The van der Waals surface area contributed by atoms with Crippen LogP contribution in [0.15, 0.2) is 12.3 Å². The third kappa shape index (κ3) is 2.39. The molecular weight excluding hydrogens is 312 g/mol. The predicted molar refractivity (Wildman–Crippen MR) is 70.5 cm³/mol. The smallest absolute Gasteiger partial charge is 0.207 e. The van der Waals surface area contributed by atoms with Gasteiger partial charge >= 0.3 is 0 Å². The maximum atomic E-state index is 10.2. The van der Waals surface area contributed by atoms with Crippen molar-refractivity contribution in [1.29, 1.82) is 0 Å². The minimum Gasteiger partial charge on any atom is -0.472 e. The van der Waals surface area contributed by atoms with Crippen molar-refractivity contribution in [3.8, 4) is 0 Å². The Bertz CT molecular complexity index is 483. The van der Waals surface area contributed by atoms with Gasteiger partial charge in [0.1, 0.15) is 30.5 Å². The van der Waals surface area contributed by atoms with E-state index in [1.165, 1.54) is 6.26 Å². The van der Waals surface area contributed by atoms with Gasteiger partial charge in [-0.15, -0.1) is 0 Å². The molecule has 11 atom stereocenters. The molecule has 1 aliphatic carbocycles. The summed E-state index contributed by atoms with van der Waals surface area (Å²) in [4.78, 5) is 0. The second kappa shape index (κ2) is 5.64. The molecule has 4 aliphatic rings. The van der Waals surface area contributed by atoms with Crippen LogP contribution in [0.3, 0.4) is 0 Å². The number of aliphatic hydroxyl groups excluding tert-OH is 5. The first-order valence-electron chi connectivity index (χ1n) is 7.64. The van der Waals surface area contributed by atoms with Crippen molar-refractivity contribution >= 4 is 0 Å². The largest absolute Gasteiger partial charge is 0.472 e. The fourth-order valence-electron chi connectivity index (χ4n) is 3.71. The summed E-state index contributed by atoms with van der Waals surface area (Å²) in [5, 5.41) is 49.0. The Morgan fingerprint density at radius 1 is 0.870 bits per heavy atom. The van der Waals surface area contributed by atoms with E-state index in [9.17, 15) is 25.5 Å². The number of fused-ring (bicyclic) bond motifs is 3. The molecule has 2 saturated heterocycles. The van der Waals surface area contributed by atoms with Crippen LogP contribution in [-0.4, -0.2) is 87.4 Å². The lowest BCUT2D eigenvalue weighted by Gasteiger charge is -2.42. The van der Waals surface area contributed by atoms with Gasteiger partial charge in [-0.3, -0.25) is 0 Å². The van der Waals surface area contributed by atoms with Crippen molar-refractivity contribution in [2.45, 2.75) is 55.3 Å². The van der Waals surface area contributed by atoms with Gasteiger partial charge in [-0.1, -0.05) is 0 Å². The standard InChI is InChI=1S/C14H20O9/c15-3-5-7(16)9(18)10(19)14(21-5)23-13-6-4(1-2-20-13)11-12(22-11)8(6)17/h1-2,4-19H,3H2. The molecule has 23 heavy (non-hydrogen) atoms. The lowest BCUT2D eigenvalue weighted by atomic mass is 9.91. The van der Waals surface area contributed by atoms with Gasteiger partial charge in [0, 0.05) is 5.92 Å². The summed E-state index contributed by atoms with van der Waals surface area (Å²) in [5.41, 5.74) is 0. The number of rotatable bonds is 3. The Labute approximate surface area is 131 Å². The van der Waals surface area contributed by atoms with E-state index in [2.05, 4.69) is 0 Å². The first-order valence-corrected chi connectivity index (χ1v) is 7.64. The molecule has 0 aromatic heterocycles. The monoisotopic (exact) mass is 332 g/mol. The zero-order valence-corrected chi connectivity index (χ0v) is 12.1. The minimum absolute atomic E-state index is 0.0568. The van der Waals surface area contributed by atoms with Crippen molar-refractivity contribution in [2.24, 2.45) is 11.8 Å². The first kappa shape index (κ1) is 15.7. The summed E-state index contributed by atoms with van der Waals surface area (Å²) in [7, 11) is 0. The van der Waals surface area contributed by atoms with E-state index < -0.39 is 49.7 Å². The van der Waals surface area contributed by atoms with Crippen molar-refractivity contribution in [2.75, 3.05) is 6.61 Å². The molecule has 9 nitrogen and oxygen atoms in total. The second-order valence-corrected chi connectivity index (χ2v) is 6.38. The van der Waals surface area contributed by atoms with Crippen LogP contribution < -0.4 is 0 Å². The van der Waals surface area contributed by atoms with E-state index >= 15 is 0 Å².